The van der Waals surface area contributed by atoms with E-state index in [1.807, 2.05) is 24.3 Å². The predicted molar refractivity (Wildman–Crippen MR) is 96.0 cm³/mol. The minimum atomic E-state index is -0.205. The molecule has 1 N–H and O–H groups in total. The molecule has 25 heavy (non-hydrogen) atoms. The Bertz CT molecular complexity index is 782. The highest BCUT2D eigenvalue weighted by Gasteiger charge is 2.29. The fraction of sp³-hybridized carbons (Fsp3) is 0.278. The van der Waals surface area contributed by atoms with Crippen LogP contribution in [0.4, 0.5) is 5.69 Å². The zero-order chi connectivity index (χ0) is 17.6. The number of rotatable bonds is 6. The third-order valence-corrected chi connectivity index (χ3v) is 4.84. The van der Waals surface area contributed by atoms with Crippen LogP contribution in [0.3, 0.4) is 0 Å². The van der Waals surface area contributed by atoms with Gasteiger partial charge in [0.25, 0.3) is 5.91 Å². The van der Waals surface area contributed by atoms with E-state index < -0.39 is 0 Å². The summed E-state index contributed by atoms with van der Waals surface area (Å²) in [6.07, 6.45) is 2.42. The number of ether oxygens (including phenoxy) is 1. The number of nitrogens with one attached hydrogen (secondary N) is 1. The fourth-order valence-electron chi connectivity index (χ4n) is 2.56. The van der Waals surface area contributed by atoms with Gasteiger partial charge in [0.05, 0.1) is 11.3 Å². The number of aromatic nitrogens is 1. The highest BCUT2D eigenvalue weighted by molar-refractivity contribution is 7.99. The predicted octanol–water partition coefficient (Wildman–Crippen LogP) is 2.35. The quantitative estimate of drug-likeness (QED) is 0.804. The molecule has 1 aliphatic rings. The van der Waals surface area contributed by atoms with Crippen molar-refractivity contribution in [3.05, 3.63) is 48.2 Å². The first-order valence-corrected chi connectivity index (χ1v) is 8.81. The Morgan fingerprint density at radius 2 is 2.12 bits per heavy atom. The maximum atomic E-state index is 13.0. The minimum absolute atomic E-state index is 0.0423. The molecular formula is C18H19N3O3S. The molecule has 0 spiro atoms. The van der Waals surface area contributed by atoms with Crippen molar-refractivity contribution in [2.24, 2.45) is 0 Å². The largest absolute Gasteiger partial charge is 0.385 e. The van der Waals surface area contributed by atoms with Crippen molar-refractivity contribution in [3.63, 3.8) is 0 Å². The van der Waals surface area contributed by atoms with Gasteiger partial charge in [-0.25, -0.2) is 4.98 Å². The van der Waals surface area contributed by atoms with Gasteiger partial charge in [-0.2, -0.15) is 0 Å². The molecule has 130 valence electrons. The van der Waals surface area contributed by atoms with Crippen molar-refractivity contribution in [1.29, 1.82) is 0 Å². The lowest BCUT2D eigenvalue weighted by atomic mass is 10.2. The van der Waals surface area contributed by atoms with Crippen LogP contribution in [0.5, 0.6) is 0 Å². The molecule has 2 aromatic rings. The smallest absolute Gasteiger partial charge is 0.259 e. The minimum Gasteiger partial charge on any atom is -0.385 e. The molecular weight excluding hydrogens is 338 g/mol. The second kappa shape index (κ2) is 8.13. The molecule has 0 atom stereocenters. The topological polar surface area (TPSA) is 71.5 Å². The summed E-state index contributed by atoms with van der Waals surface area (Å²) in [5.74, 6) is -0.398. The highest BCUT2D eigenvalue weighted by atomic mass is 32.2. The van der Waals surface area contributed by atoms with Gasteiger partial charge in [0.1, 0.15) is 11.6 Å². The van der Waals surface area contributed by atoms with Crippen LogP contribution in [0.15, 0.2) is 52.5 Å². The number of carbonyl (C=O) groups is 2. The van der Waals surface area contributed by atoms with Crippen molar-refractivity contribution in [2.45, 2.75) is 16.3 Å². The molecule has 0 radical (unpaired) electrons. The normalized spacial score (nSPS) is 13.0. The summed E-state index contributed by atoms with van der Waals surface area (Å²) in [7, 11) is 1.62. The molecule has 0 saturated carbocycles. The first-order valence-electron chi connectivity index (χ1n) is 8.00. The number of nitrogens with zero attached hydrogens (tertiary/aromatic N) is 2. The lowest BCUT2D eigenvalue weighted by molar-refractivity contribution is -0.119. The summed E-state index contributed by atoms with van der Waals surface area (Å²) in [6, 6.07) is 11.0. The molecule has 1 aromatic carbocycles. The second-order valence-electron chi connectivity index (χ2n) is 5.51. The summed E-state index contributed by atoms with van der Waals surface area (Å²) in [4.78, 5) is 32.0. The standard InChI is InChI=1S/C18H19N3O3S/c1-24-11-5-10-19-16(22)12-21-14-7-4-9-20-17(14)25-15-8-3-2-6-13(15)18(21)23/h2-4,6-9H,5,10-12H2,1H3,(H,19,22). The van der Waals surface area contributed by atoms with E-state index in [4.69, 9.17) is 4.74 Å². The van der Waals surface area contributed by atoms with Crippen LogP contribution in [0, 0.1) is 0 Å². The molecule has 2 amide bonds. The molecule has 1 aromatic heterocycles. The van der Waals surface area contributed by atoms with E-state index in [0.717, 1.165) is 11.3 Å². The zero-order valence-electron chi connectivity index (χ0n) is 13.9. The number of benzene rings is 1. The maximum Gasteiger partial charge on any atom is 0.259 e. The number of hydrogen-bond donors (Lipinski definition) is 1. The van der Waals surface area contributed by atoms with E-state index >= 15 is 0 Å². The van der Waals surface area contributed by atoms with E-state index in [-0.39, 0.29) is 18.4 Å². The van der Waals surface area contributed by atoms with Gasteiger partial charge in [-0.1, -0.05) is 23.9 Å². The van der Waals surface area contributed by atoms with Gasteiger partial charge in [-0.05, 0) is 30.7 Å². The molecule has 2 heterocycles. The van der Waals surface area contributed by atoms with E-state index in [0.29, 0.717) is 29.4 Å². The van der Waals surface area contributed by atoms with Crippen LogP contribution in [0.2, 0.25) is 0 Å². The van der Waals surface area contributed by atoms with Gasteiger partial charge < -0.3 is 10.1 Å². The Balaban J connectivity index is 1.84. The Morgan fingerprint density at radius 1 is 1.28 bits per heavy atom. The van der Waals surface area contributed by atoms with Gasteiger partial charge in [0.15, 0.2) is 0 Å². The molecule has 1 aliphatic heterocycles. The van der Waals surface area contributed by atoms with Crippen molar-refractivity contribution in [2.75, 3.05) is 31.7 Å². The number of methoxy groups -OCH3 is 1. The molecule has 7 heteroatoms. The van der Waals surface area contributed by atoms with Gasteiger partial charge in [0, 0.05) is 31.4 Å². The van der Waals surface area contributed by atoms with Crippen LogP contribution in [0.25, 0.3) is 0 Å². The highest BCUT2D eigenvalue weighted by Crippen LogP contribution is 2.39. The van der Waals surface area contributed by atoms with Gasteiger partial charge >= 0.3 is 0 Å². The Hall–Kier alpha value is -2.38. The first-order chi connectivity index (χ1) is 12.2. The van der Waals surface area contributed by atoms with E-state index in [1.165, 1.54) is 16.7 Å². The average Bonchev–Trinajstić information content (AvgIpc) is 2.74. The summed E-state index contributed by atoms with van der Waals surface area (Å²) in [5, 5.41) is 3.54. The third-order valence-electron chi connectivity index (χ3n) is 3.76. The molecule has 6 nitrogen and oxygen atoms in total. The number of pyridine rings is 1. The monoisotopic (exact) mass is 357 g/mol. The van der Waals surface area contributed by atoms with Gasteiger partial charge in [-0.15, -0.1) is 0 Å². The Morgan fingerprint density at radius 3 is 2.96 bits per heavy atom. The fourth-order valence-corrected chi connectivity index (χ4v) is 3.58. The zero-order valence-corrected chi connectivity index (χ0v) is 14.7. The number of amides is 2. The molecule has 0 saturated heterocycles. The number of fused-ring (bicyclic) bond motifs is 2. The second-order valence-corrected chi connectivity index (χ2v) is 6.54. The maximum absolute atomic E-state index is 13.0. The SMILES string of the molecule is COCCCNC(=O)CN1C(=O)c2ccccc2Sc2ncccc21. The summed E-state index contributed by atoms with van der Waals surface area (Å²) < 4.78 is 4.97. The van der Waals surface area contributed by atoms with Gasteiger partial charge in [0.2, 0.25) is 5.91 Å². The first kappa shape index (κ1) is 17.4. The molecule has 0 aliphatic carbocycles. The number of anilines is 1. The van der Waals surface area contributed by atoms with Crippen molar-refractivity contribution in [1.82, 2.24) is 10.3 Å². The number of carbonyl (C=O) groups excluding carboxylic acids is 2. The summed E-state index contributed by atoms with van der Waals surface area (Å²) in [6.45, 7) is 1.05. The van der Waals surface area contributed by atoms with Crippen molar-refractivity contribution >= 4 is 29.3 Å². The lowest BCUT2D eigenvalue weighted by Gasteiger charge is -2.21. The third kappa shape index (κ3) is 4.00. The van der Waals surface area contributed by atoms with Crippen LogP contribution in [-0.4, -0.2) is 43.6 Å². The van der Waals surface area contributed by atoms with Crippen LogP contribution in [0.1, 0.15) is 16.8 Å². The van der Waals surface area contributed by atoms with Crippen molar-refractivity contribution < 1.29 is 14.3 Å². The molecule has 3 rings (SSSR count). The summed E-state index contributed by atoms with van der Waals surface area (Å²) in [5.41, 5.74) is 1.23. The Labute approximate surface area is 150 Å². The van der Waals surface area contributed by atoms with Crippen LogP contribution >= 0.6 is 11.8 Å². The molecule has 0 bridgehead atoms. The molecule has 0 unspecified atom stereocenters. The van der Waals surface area contributed by atoms with Crippen LogP contribution in [-0.2, 0) is 9.53 Å². The Kier molecular flexibility index (Phi) is 5.67. The average molecular weight is 357 g/mol. The van der Waals surface area contributed by atoms with Gasteiger partial charge in [-0.3, -0.25) is 14.5 Å². The van der Waals surface area contributed by atoms with Crippen molar-refractivity contribution in [3.8, 4) is 0 Å². The summed E-state index contributed by atoms with van der Waals surface area (Å²) >= 11 is 1.44. The van der Waals surface area contributed by atoms with Crippen LogP contribution < -0.4 is 10.2 Å². The molecule has 0 fully saturated rings. The van der Waals surface area contributed by atoms with E-state index in [2.05, 4.69) is 10.3 Å². The van der Waals surface area contributed by atoms with E-state index in [9.17, 15) is 9.59 Å². The van der Waals surface area contributed by atoms with E-state index in [1.54, 1.807) is 25.4 Å². The number of hydrogen-bond acceptors (Lipinski definition) is 5. The lowest BCUT2D eigenvalue weighted by Crippen LogP contribution is -2.41.